The molecule has 11 heteroatoms. The Kier molecular flexibility index (Phi) is 9.12. The lowest BCUT2D eigenvalue weighted by Crippen LogP contribution is -2.57. The van der Waals surface area contributed by atoms with E-state index in [2.05, 4.69) is 10.6 Å². The summed E-state index contributed by atoms with van der Waals surface area (Å²) in [5.74, 6) is 0.136. The molecular formula is C17H25ClF3N3O4. The van der Waals surface area contributed by atoms with Crippen molar-refractivity contribution >= 4 is 18.3 Å². The van der Waals surface area contributed by atoms with Gasteiger partial charge in [-0.3, -0.25) is 9.69 Å². The SMILES string of the molecule is COc1cc(C(=O)NCC(N2CCNCC2)C(F)(F)F)cc(OC)c1OC.Cl. The molecule has 0 aliphatic carbocycles. The molecule has 1 aliphatic heterocycles. The van der Waals surface area contributed by atoms with E-state index in [1.807, 2.05) is 0 Å². The number of methoxy groups -OCH3 is 3. The first-order chi connectivity index (χ1) is 12.8. The molecule has 1 unspecified atom stereocenters. The maximum Gasteiger partial charge on any atom is 0.405 e. The van der Waals surface area contributed by atoms with Gasteiger partial charge in [-0.25, -0.2) is 0 Å². The largest absolute Gasteiger partial charge is 0.493 e. The molecule has 28 heavy (non-hydrogen) atoms. The summed E-state index contributed by atoms with van der Waals surface area (Å²) >= 11 is 0. The summed E-state index contributed by atoms with van der Waals surface area (Å²) in [5, 5.41) is 5.38. The van der Waals surface area contributed by atoms with Gasteiger partial charge in [0.25, 0.3) is 5.91 Å². The Hall–Kier alpha value is -1.91. The van der Waals surface area contributed by atoms with E-state index in [0.29, 0.717) is 18.8 Å². The number of carbonyl (C=O) groups excluding carboxylic acids is 1. The Morgan fingerprint density at radius 2 is 1.68 bits per heavy atom. The molecule has 0 bridgehead atoms. The number of hydrogen-bond donors (Lipinski definition) is 2. The van der Waals surface area contributed by atoms with E-state index in [1.165, 1.54) is 38.4 Å². The van der Waals surface area contributed by atoms with Crippen molar-refractivity contribution in [2.24, 2.45) is 0 Å². The van der Waals surface area contributed by atoms with Crippen LogP contribution in [0.4, 0.5) is 13.2 Å². The van der Waals surface area contributed by atoms with Gasteiger partial charge in [0.15, 0.2) is 11.5 Å². The number of ether oxygens (including phenoxy) is 3. The van der Waals surface area contributed by atoms with Crippen LogP contribution in [0.25, 0.3) is 0 Å². The smallest absolute Gasteiger partial charge is 0.405 e. The minimum atomic E-state index is -4.44. The first kappa shape index (κ1) is 24.1. The highest BCUT2D eigenvalue weighted by Crippen LogP contribution is 2.38. The Morgan fingerprint density at radius 1 is 1.14 bits per heavy atom. The Balaban J connectivity index is 0.00000392. The second kappa shape index (κ2) is 10.6. The fourth-order valence-corrected chi connectivity index (χ4v) is 2.95. The monoisotopic (exact) mass is 427 g/mol. The van der Waals surface area contributed by atoms with Gasteiger partial charge < -0.3 is 24.8 Å². The maximum absolute atomic E-state index is 13.4. The van der Waals surface area contributed by atoms with E-state index in [0.717, 1.165) is 0 Å². The van der Waals surface area contributed by atoms with Crippen molar-refractivity contribution in [1.82, 2.24) is 15.5 Å². The number of nitrogens with one attached hydrogen (secondary N) is 2. The summed E-state index contributed by atoms with van der Waals surface area (Å²) in [7, 11) is 4.20. The molecule has 160 valence electrons. The number of alkyl halides is 3. The average Bonchev–Trinajstić information content (AvgIpc) is 2.66. The van der Waals surface area contributed by atoms with Gasteiger partial charge in [0.1, 0.15) is 6.04 Å². The molecule has 1 fully saturated rings. The molecule has 1 aromatic rings. The van der Waals surface area contributed by atoms with E-state index in [4.69, 9.17) is 14.2 Å². The lowest BCUT2D eigenvalue weighted by Gasteiger charge is -2.35. The second-order valence-corrected chi connectivity index (χ2v) is 5.97. The number of nitrogens with zero attached hydrogens (tertiary/aromatic N) is 1. The molecule has 1 amide bonds. The first-order valence-electron chi connectivity index (χ1n) is 8.41. The predicted octanol–water partition coefficient (Wildman–Crippen LogP) is 1.70. The zero-order valence-electron chi connectivity index (χ0n) is 15.9. The van der Waals surface area contributed by atoms with Crippen molar-refractivity contribution in [3.05, 3.63) is 17.7 Å². The molecule has 1 saturated heterocycles. The van der Waals surface area contributed by atoms with Crippen molar-refractivity contribution in [3.63, 3.8) is 0 Å². The van der Waals surface area contributed by atoms with Crippen molar-refractivity contribution in [2.45, 2.75) is 12.2 Å². The number of rotatable bonds is 7. The highest BCUT2D eigenvalue weighted by molar-refractivity contribution is 5.95. The van der Waals surface area contributed by atoms with Gasteiger partial charge in [-0.1, -0.05) is 0 Å². The van der Waals surface area contributed by atoms with Gasteiger partial charge in [-0.15, -0.1) is 12.4 Å². The quantitative estimate of drug-likeness (QED) is 0.690. The molecule has 1 heterocycles. The van der Waals surface area contributed by atoms with Gasteiger partial charge in [-0.05, 0) is 12.1 Å². The molecule has 1 aromatic carbocycles. The van der Waals surface area contributed by atoms with E-state index >= 15 is 0 Å². The van der Waals surface area contributed by atoms with Crippen LogP contribution in [0.2, 0.25) is 0 Å². The Bertz CT molecular complexity index is 630. The van der Waals surface area contributed by atoms with E-state index in [1.54, 1.807) is 0 Å². The number of amides is 1. The fourth-order valence-electron chi connectivity index (χ4n) is 2.95. The predicted molar refractivity (Wildman–Crippen MR) is 100.0 cm³/mol. The molecular weight excluding hydrogens is 403 g/mol. The normalized spacial score (nSPS) is 15.9. The topological polar surface area (TPSA) is 72.1 Å². The summed E-state index contributed by atoms with van der Waals surface area (Å²) in [6, 6.07) is 1.04. The zero-order chi connectivity index (χ0) is 20.0. The van der Waals surface area contributed by atoms with Crippen molar-refractivity contribution in [3.8, 4) is 17.2 Å². The van der Waals surface area contributed by atoms with Crippen LogP contribution in [0.3, 0.4) is 0 Å². The summed E-state index contributed by atoms with van der Waals surface area (Å²) in [6.45, 7) is 0.953. The number of piperazine rings is 1. The number of benzene rings is 1. The number of carbonyl (C=O) groups is 1. The van der Waals surface area contributed by atoms with Crippen LogP contribution in [-0.4, -0.2) is 77.1 Å². The third kappa shape index (κ3) is 5.79. The van der Waals surface area contributed by atoms with Crippen molar-refractivity contribution in [2.75, 3.05) is 54.1 Å². The van der Waals surface area contributed by atoms with Crippen LogP contribution in [0.15, 0.2) is 12.1 Å². The van der Waals surface area contributed by atoms with Crippen LogP contribution >= 0.6 is 12.4 Å². The lowest BCUT2D eigenvalue weighted by molar-refractivity contribution is -0.183. The van der Waals surface area contributed by atoms with Gasteiger partial charge in [-0.2, -0.15) is 13.2 Å². The van der Waals surface area contributed by atoms with Gasteiger partial charge in [0, 0.05) is 38.3 Å². The third-order valence-corrected chi connectivity index (χ3v) is 4.35. The van der Waals surface area contributed by atoms with Crippen LogP contribution in [0, 0.1) is 0 Å². The number of hydrogen-bond acceptors (Lipinski definition) is 6. The molecule has 0 aromatic heterocycles. The van der Waals surface area contributed by atoms with E-state index < -0.39 is 24.7 Å². The zero-order valence-corrected chi connectivity index (χ0v) is 16.7. The second-order valence-electron chi connectivity index (χ2n) is 5.97. The Labute approximate surface area is 167 Å². The average molecular weight is 428 g/mol. The fraction of sp³-hybridized carbons (Fsp3) is 0.588. The lowest BCUT2D eigenvalue weighted by atomic mass is 10.1. The summed E-state index contributed by atoms with van der Waals surface area (Å²) in [4.78, 5) is 13.8. The van der Waals surface area contributed by atoms with Gasteiger partial charge in [0.05, 0.1) is 21.3 Å². The summed E-state index contributed by atoms with van der Waals surface area (Å²) in [6.07, 6.45) is -4.44. The van der Waals surface area contributed by atoms with Crippen molar-refractivity contribution < 1.29 is 32.2 Å². The van der Waals surface area contributed by atoms with Crippen LogP contribution in [-0.2, 0) is 0 Å². The minimum absolute atomic E-state index is 0. The highest BCUT2D eigenvalue weighted by Gasteiger charge is 2.43. The molecule has 2 rings (SSSR count). The van der Waals surface area contributed by atoms with E-state index in [9.17, 15) is 18.0 Å². The van der Waals surface area contributed by atoms with Gasteiger partial charge in [0.2, 0.25) is 5.75 Å². The number of halogens is 4. The van der Waals surface area contributed by atoms with Crippen LogP contribution in [0.1, 0.15) is 10.4 Å². The maximum atomic E-state index is 13.4. The van der Waals surface area contributed by atoms with Crippen molar-refractivity contribution in [1.29, 1.82) is 0 Å². The standard InChI is InChI=1S/C17H24F3N3O4.ClH/c1-25-12-8-11(9-13(26-2)15(12)27-3)16(24)22-10-14(17(18,19)20)23-6-4-21-5-7-23;/h8-9,14,21H,4-7,10H2,1-3H3,(H,22,24);1H. The van der Waals surface area contributed by atoms with E-state index in [-0.39, 0.29) is 42.6 Å². The molecule has 7 nitrogen and oxygen atoms in total. The van der Waals surface area contributed by atoms with Crippen LogP contribution < -0.4 is 24.8 Å². The molecule has 1 atom stereocenters. The first-order valence-corrected chi connectivity index (χ1v) is 8.41. The highest BCUT2D eigenvalue weighted by atomic mass is 35.5. The third-order valence-electron chi connectivity index (χ3n) is 4.35. The summed E-state index contributed by atoms with van der Waals surface area (Å²) in [5.41, 5.74) is 0.116. The minimum Gasteiger partial charge on any atom is -0.493 e. The molecule has 0 radical (unpaired) electrons. The summed E-state index contributed by atoms with van der Waals surface area (Å²) < 4.78 is 55.8. The molecule has 1 aliphatic rings. The van der Waals surface area contributed by atoms with Gasteiger partial charge >= 0.3 is 6.18 Å². The molecule has 0 spiro atoms. The molecule has 0 saturated carbocycles. The Morgan fingerprint density at radius 3 is 2.11 bits per heavy atom. The van der Waals surface area contributed by atoms with Crippen LogP contribution in [0.5, 0.6) is 17.2 Å². The molecule has 2 N–H and O–H groups in total.